The first-order valence-electron chi connectivity index (χ1n) is 10.6. The maximum Gasteiger partial charge on any atom is 0.354 e. The summed E-state index contributed by atoms with van der Waals surface area (Å²) in [5.74, 6) is -22.3. The summed E-state index contributed by atoms with van der Waals surface area (Å²) in [6, 6.07) is 0. The molecule has 14 heteroatoms. The van der Waals surface area contributed by atoms with Gasteiger partial charge in [0, 0.05) is 6.42 Å². The molecule has 0 fully saturated rings. The second-order valence-corrected chi connectivity index (χ2v) is 10.3. The lowest BCUT2D eigenvalue weighted by atomic mass is 9.75. The molecule has 0 nitrogen and oxygen atoms in total. The first-order chi connectivity index (χ1) is 15.2. The third kappa shape index (κ3) is 6.87. The highest BCUT2D eigenvalue weighted by Crippen LogP contribution is 2.53. The summed E-state index contributed by atoms with van der Waals surface area (Å²) < 4.78 is 192. The number of hydrogen-bond donors (Lipinski definition) is 0. The molecule has 0 aliphatic heterocycles. The van der Waals surface area contributed by atoms with E-state index in [0.717, 1.165) is 0 Å². The van der Waals surface area contributed by atoms with Gasteiger partial charge in [0.1, 0.15) is 11.8 Å². The molecular weight excluding hydrogens is 518 g/mol. The van der Waals surface area contributed by atoms with Crippen LogP contribution >= 0.6 is 0 Å². The zero-order chi connectivity index (χ0) is 28.6. The van der Waals surface area contributed by atoms with Gasteiger partial charge in [0.15, 0.2) is 6.17 Å². The molecule has 5 atom stereocenters. The first-order valence-corrected chi connectivity index (χ1v) is 10.6. The Morgan fingerprint density at radius 2 is 1.06 bits per heavy atom. The van der Waals surface area contributed by atoms with E-state index in [1.165, 1.54) is 20.8 Å². The normalized spacial score (nSPS) is 20.1. The first kappa shape index (κ1) is 34.0. The van der Waals surface area contributed by atoms with Crippen molar-refractivity contribution in [3.8, 4) is 0 Å². The lowest BCUT2D eigenvalue weighted by Crippen LogP contribution is -2.63. The predicted molar refractivity (Wildman–Crippen MR) is 102 cm³/mol. The van der Waals surface area contributed by atoms with Crippen molar-refractivity contribution >= 4 is 0 Å². The Balaban J connectivity index is 5.70. The third-order valence-electron chi connectivity index (χ3n) is 6.18. The minimum Gasteiger partial charge on any atom is -0.244 e. The second kappa shape index (κ2) is 10.8. The lowest BCUT2D eigenvalue weighted by Gasteiger charge is -2.40. The summed E-state index contributed by atoms with van der Waals surface area (Å²) in [4.78, 5) is 0. The highest BCUT2D eigenvalue weighted by molar-refractivity contribution is 5.06. The van der Waals surface area contributed by atoms with Crippen molar-refractivity contribution in [1.29, 1.82) is 0 Å². The molecule has 0 aliphatic rings. The maximum absolute atomic E-state index is 14.9. The highest BCUT2D eigenvalue weighted by atomic mass is 19.3. The molecule has 0 aliphatic carbocycles. The smallest absolute Gasteiger partial charge is 0.244 e. The number of rotatable bonds is 13. The van der Waals surface area contributed by atoms with Gasteiger partial charge in [-0.05, 0) is 31.1 Å². The van der Waals surface area contributed by atoms with Crippen LogP contribution in [0.2, 0.25) is 0 Å². The minimum absolute atomic E-state index is 0.448. The van der Waals surface area contributed by atoms with Crippen LogP contribution in [0.25, 0.3) is 0 Å². The van der Waals surface area contributed by atoms with Gasteiger partial charge >= 0.3 is 11.8 Å². The van der Waals surface area contributed by atoms with E-state index < -0.39 is 90.8 Å². The molecule has 0 aromatic carbocycles. The fourth-order valence-corrected chi connectivity index (χ4v) is 3.36. The molecule has 0 radical (unpaired) electrons. The van der Waals surface area contributed by atoms with E-state index in [1.807, 2.05) is 0 Å². The van der Waals surface area contributed by atoms with Crippen molar-refractivity contribution < 1.29 is 61.5 Å². The SMILES string of the molecule is CC(CCC(F)(F)C(F)(F)C(F)(C(F)F)C(F)F)C(F)C(F)(F)C(C)C(C)(F)C(F)CC(C)(C)C. The van der Waals surface area contributed by atoms with E-state index >= 15 is 0 Å². The fourth-order valence-electron chi connectivity index (χ4n) is 3.36. The summed E-state index contributed by atoms with van der Waals surface area (Å²) >= 11 is 0. The molecule has 0 saturated carbocycles. The molecule has 0 amide bonds. The van der Waals surface area contributed by atoms with Gasteiger partial charge in [-0.25, -0.2) is 43.9 Å². The van der Waals surface area contributed by atoms with Crippen LogP contribution in [-0.4, -0.2) is 54.3 Å². The van der Waals surface area contributed by atoms with Gasteiger partial charge in [-0.2, -0.15) is 17.6 Å². The van der Waals surface area contributed by atoms with Crippen LogP contribution in [0.5, 0.6) is 0 Å². The monoisotopic (exact) mass is 548 g/mol. The van der Waals surface area contributed by atoms with Crippen molar-refractivity contribution in [2.75, 3.05) is 0 Å². The van der Waals surface area contributed by atoms with Gasteiger partial charge in [0.2, 0.25) is 0 Å². The largest absolute Gasteiger partial charge is 0.354 e. The molecule has 212 valence electrons. The van der Waals surface area contributed by atoms with Gasteiger partial charge < -0.3 is 0 Å². The number of alkyl halides is 14. The Morgan fingerprint density at radius 1 is 0.657 bits per heavy atom. The fraction of sp³-hybridized carbons (Fsp3) is 1.00. The molecule has 0 aromatic rings. The molecule has 0 bridgehead atoms. The lowest BCUT2D eigenvalue weighted by molar-refractivity contribution is -0.326. The Hall–Kier alpha value is -0.980. The molecule has 0 spiro atoms. The van der Waals surface area contributed by atoms with Crippen molar-refractivity contribution in [2.45, 2.75) is 115 Å². The Bertz CT molecular complexity index is 659. The van der Waals surface area contributed by atoms with Crippen LogP contribution in [-0.2, 0) is 0 Å². The summed E-state index contributed by atoms with van der Waals surface area (Å²) in [7, 11) is 0. The van der Waals surface area contributed by atoms with Crippen molar-refractivity contribution in [1.82, 2.24) is 0 Å². The van der Waals surface area contributed by atoms with E-state index in [2.05, 4.69) is 0 Å². The molecule has 0 rings (SSSR count). The van der Waals surface area contributed by atoms with Crippen LogP contribution in [0.4, 0.5) is 61.5 Å². The van der Waals surface area contributed by atoms with Gasteiger partial charge in [0.05, 0.1) is 5.92 Å². The van der Waals surface area contributed by atoms with Gasteiger partial charge in [-0.1, -0.05) is 34.6 Å². The standard InChI is InChI=1S/C21H30F14/c1-10(7-8-18(29,30)21(34,35)19(31,14(24)25)15(26)27)13(23)20(32,33)11(2)17(6,28)12(22)9-16(3,4)5/h10-15H,7-9H2,1-6H3. The molecule has 35 heavy (non-hydrogen) atoms. The molecule has 0 heterocycles. The minimum atomic E-state index is -6.66. The Morgan fingerprint density at radius 3 is 1.40 bits per heavy atom. The topological polar surface area (TPSA) is 0 Å². The predicted octanol–water partition coefficient (Wildman–Crippen LogP) is 9.02. The van der Waals surface area contributed by atoms with E-state index in [-0.39, 0.29) is 0 Å². The van der Waals surface area contributed by atoms with E-state index in [1.54, 1.807) is 0 Å². The maximum atomic E-state index is 14.9. The molecule has 0 N–H and O–H groups in total. The van der Waals surface area contributed by atoms with Gasteiger partial charge in [0.25, 0.3) is 24.4 Å². The summed E-state index contributed by atoms with van der Waals surface area (Å²) in [6.45, 7) is 5.83. The van der Waals surface area contributed by atoms with E-state index in [0.29, 0.717) is 20.8 Å². The number of hydrogen-bond acceptors (Lipinski definition) is 0. The average molecular weight is 548 g/mol. The van der Waals surface area contributed by atoms with Crippen LogP contribution in [0, 0.1) is 17.3 Å². The Labute approximate surface area is 194 Å². The second-order valence-electron chi connectivity index (χ2n) is 10.3. The quantitative estimate of drug-likeness (QED) is 0.202. The summed E-state index contributed by atoms with van der Waals surface area (Å²) in [6.07, 6.45) is -21.1. The van der Waals surface area contributed by atoms with E-state index in [9.17, 15) is 61.5 Å². The van der Waals surface area contributed by atoms with Crippen LogP contribution in [0.3, 0.4) is 0 Å². The Kier molecular flexibility index (Phi) is 10.5. The molecule has 0 saturated heterocycles. The van der Waals surface area contributed by atoms with Crippen LogP contribution < -0.4 is 0 Å². The van der Waals surface area contributed by atoms with Gasteiger partial charge in [-0.3, -0.25) is 0 Å². The van der Waals surface area contributed by atoms with Crippen molar-refractivity contribution in [2.24, 2.45) is 17.3 Å². The van der Waals surface area contributed by atoms with Crippen LogP contribution in [0.1, 0.15) is 60.8 Å². The molecule has 5 unspecified atom stereocenters. The average Bonchev–Trinajstić information content (AvgIpc) is 2.67. The van der Waals surface area contributed by atoms with Gasteiger partial charge in [-0.15, -0.1) is 0 Å². The van der Waals surface area contributed by atoms with Crippen LogP contribution in [0.15, 0.2) is 0 Å². The zero-order valence-corrected chi connectivity index (χ0v) is 19.9. The van der Waals surface area contributed by atoms with E-state index in [4.69, 9.17) is 0 Å². The zero-order valence-electron chi connectivity index (χ0n) is 19.9. The summed E-state index contributed by atoms with van der Waals surface area (Å²) in [5.41, 5.74) is -10.4. The van der Waals surface area contributed by atoms with Crippen molar-refractivity contribution in [3.63, 3.8) is 0 Å². The molecule has 0 aromatic heterocycles. The van der Waals surface area contributed by atoms with Crippen molar-refractivity contribution in [3.05, 3.63) is 0 Å². The molecular formula is C21H30F14. The third-order valence-corrected chi connectivity index (χ3v) is 6.18. The highest BCUT2D eigenvalue weighted by Gasteiger charge is 2.77. The number of halogens is 14. The summed E-state index contributed by atoms with van der Waals surface area (Å²) in [5, 5.41) is 0.